The molecule has 1 aliphatic heterocycles. The van der Waals surface area contributed by atoms with Gasteiger partial charge in [0.15, 0.2) is 11.6 Å². The fourth-order valence-electron chi connectivity index (χ4n) is 3.39. The second-order valence-corrected chi connectivity index (χ2v) is 7.39. The molecule has 0 spiro atoms. The Morgan fingerprint density at radius 1 is 1.13 bits per heavy atom. The van der Waals surface area contributed by atoms with Crippen LogP contribution in [0.5, 0.6) is 11.5 Å². The normalized spacial score (nSPS) is 18.0. The van der Waals surface area contributed by atoms with Crippen molar-refractivity contribution < 1.29 is 28.2 Å². The molecule has 1 atom stereocenters. The predicted octanol–water partition coefficient (Wildman–Crippen LogP) is 2.27. The van der Waals surface area contributed by atoms with Gasteiger partial charge in [0, 0.05) is 13.6 Å². The highest BCUT2D eigenvalue weighted by atomic mass is 19.1. The van der Waals surface area contributed by atoms with E-state index in [0.29, 0.717) is 16.9 Å². The maximum absolute atomic E-state index is 13.9. The Labute approximate surface area is 179 Å². The molecule has 1 aliphatic rings. The molecule has 0 aliphatic carbocycles. The van der Waals surface area contributed by atoms with Crippen LogP contribution in [-0.4, -0.2) is 55.5 Å². The molecule has 0 radical (unpaired) electrons. The summed E-state index contributed by atoms with van der Waals surface area (Å²) in [5.74, 6) is -0.800. The Bertz CT molecular complexity index is 1010. The molecule has 31 heavy (non-hydrogen) atoms. The standard InChI is InChI=1S/C22H24FN3O5/c1-22(15-6-8-16(30-3)9-7-15)20(28)26(21(29)24-22)13-19(27)25(2)12-14-5-10-18(31-4)17(23)11-14/h5-11H,12-13H2,1-4H3,(H,24,29). The lowest BCUT2D eigenvalue weighted by molar-refractivity contribution is -0.138. The number of hydrogen-bond acceptors (Lipinski definition) is 5. The number of halogens is 1. The number of ether oxygens (including phenoxy) is 2. The lowest BCUT2D eigenvalue weighted by atomic mass is 9.92. The quantitative estimate of drug-likeness (QED) is 0.683. The first-order chi connectivity index (χ1) is 14.7. The number of rotatable bonds is 7. The third-order valence-electron chi connectivity index (χ3n) is 5.30. The van der Waals surface area contributed by atoms with Crippen LogP contribution in [0.1, 0.15) is 18.1 Å². The van der Waals surface area contributed by atoms with Crippen LogP contribution in [0.2, 0.25) is 0 Å². The molecule has 0 saturated carbocycles. The number of likely N-dealkylation sites (N-methyl/N-ethyl adjacent to an activating group) is 1. The van der Waals surface area contributed by atoms with E-state index in [4.69, 9.17) is 9.47 Å². The molecule has 8 nitrogen and oxygen atoms in total. The van der Waals surface area contributed by atoms with Crippen molar-refractivity contribution in [1.82, 2.24) is 15.1 Å². The lowest BCUT2D eigenvalue weighted by Crippen LogP contribution is -2.43. The number of nitrogens with one attached hydrogen (secondary N) is 1. The summed E-state index contributed by atoms with van der Waals surface area (Å²) in [6.45, 7) is 1.27. The Hall–Kier alpha value is -3.62. The zero-order valence-electron chi connectivity index (χ0n) is 17.8. The molecular weight excluding hydrogens is 405 g/mol. The van der Waals surface area contributed by atoms with E-state index < -0.39 is 35.7 Å². The molecule has 4 amide bonds. The number of urea groups is 1. The minimum atomic E-state index is -1.29. The maximum Gasteiger partial charge on any atom is 0.325 e. The molecule has 1 saturated heterocycles. The van der Waals surface area contributed by atoms with E-state index in [2.05, 4.69) is 5.32 Å². The summed E-state index contributed by atoms with van der Waals surface area (Å²) in [5.41, 5.74) is -0.167. The summed E-state index contributed by atoms with van der Waals surface area (Å²) in [4.78, 5) is 40.3. The Kier molecular flexibility index (Phi) is 6.14. The van der Waals surface area contributed by atoms with Gasteiger partial charge >= 0.3 is 6.03 Å². The summed E-state index contributed by atoms with van der Waals surface area (Å²) in [7, 11) is 4.42. The van der Waals surface area contributed by atoms with Gasteiger partial charge in [-0.15, -0.1) is 0 Å². The van der Waals surface area contributed by atoms with Gasteiger partial charge in [-0.1, -0.05) is 18.2 Å². The summed E-state index contributed by atoms with van der Waals surface area (Å²) in [6, 6.07) is 10.5. The topological polar surface area (TPSA) is 88.2 Å². The molecule has 1 fully saturated rings. The Morgan fingerprint density at radius 2 is 1.81 bits per heavy atom. The average molecular weight is 429 g/mol. The Balaban J connectivity index is 1.69. The number of carbonyl (C=O) groups excluding carboxylic acids is 3. The second kappa shape index (κ2) is 8.63. The van der Waals surface area contributed by atoms with Crippen LogP contribution in [0, 0.1) is 5.82 Å². The first-order valence-corrected chi connectivity index (χ1v) is 9.54. The van der Waals surface area contributed by atoms with E-state index in [-0.39, 0.29) is 12.3 Å². The minimum absolute atomic E-state index is 0.106. The molecule has 0 aromatic heterocycles. The van der Waals surface area contributed by atoms with Gasteiger partial charge < -0.3 is 19.7 Å². The van der Waals surface area contributed by atoms with Gasteiger partial charge in [0.05, 0.1) is 14.2 Å². The molecule has 1 heterocycles. The van der Waals surface area contributed by atoms with Gasteiger partial charge in [0.25, 0.3) is 5.91 Å². The van der Waals surface area contributed by atoms with Crippen molar-refractivity contribution >= 4 is 17.8 Å². The largest absolute Gasteiger partial charge is 0.497 e. The van der Waals surface area contributed by atoms with Crippen LogP contribution < -0.4 is 14.8 Å². The van der Waals surface area contributed by atoms with Gasteiger partial charge in [0.1, 0.15) is 17.8 Å². The van der Waals surface area contributed by atoms with Gasteiger partial charge in [-0.2, -0.15) is 0 Å². The van der Waals surface area contributed by atoms with Gasteiger partial charge in [-0.3, -0.25) is 14.5 Å². The van der Waals surface area contributed by atoms with Crippen molar-refractivity contribution in [3.8, 4) is 11.5 Å². The fourth-order valence-corrected chi connectivity index (χ4v) is 3.39. The van der Waals surface area contributed by atoms with E-state index in [1.54, 1.807) is 37.3 Å². The number of imide groups is 1. The number of benzene rings is 2. The maximum atomic E-state index is 13.9. The molecule has 0 bridgehead atoms. The van der Waals surface area contributed by atoms with Crippen molar-refractivity contribution in [1.29, 1.82) is 0 Å². The number of methoxy groups -OCH3 is 2. The highest BCUT2D eigenvalue weighted by molar-refractivity contribution is 6.09. The van der Waals surface area contributed by atoms with E-state index >= 15 is 0 Å². The molecule has 3 rings (SSSR count). The molecule has 1 N–H and O–H groups in total. The lowest BCUT2D eigenvalue weighted by Gasteiger charge is -2.23. The highest BCUT2D eigenvalue weighted by Gasteiger charge is 2.49. The summed E-state index contributed by atoms with van der Waals surface area (Å²) in [5, 5.41) is 2.66. The first-order valence-electron chi connectivity index (χ1n) is 9.54. The molecule has 9 heteroatoms. The first kappa shape index (κ1) is 22.1. The van der Waals surface area contributed by atoms with E-state index in [0.717, 1.165) is 4.90 Å². The number of amides is 4. The van der Waals surface area contributed by atoms with E-state index in [1.807, 2.05) is 0 Å². The third kappa shape index (κ3) is 4.30. The smallest absolute Gasteiger partial charge is 0.325 e. The van der Waals surface area contributed by atoms with Crippen LogP contribution in [0.15, 0.2) is 42.5 Å². The number of carbonyl (C=O) groups is 3. The van der Waals surface area contributed by atoms with Crippen molar-refractivity contribution in [2.24, 2.45) is 0 Å². The minimum Gasteiger partial charge on any atom is -0.497 e. The van der Waals surface area contributed by atoms with Crippen LogP contribution in [0.25, 0.3) is 0 Å². The summed E-state index contributed by atoms with van der Waals surface area (Å²) < 4.78 is 23.9. The van der Waals surface area contributed by atoms with Gasteiger partial charge in [-0.05, 0) is 42.3 Å². The van der Waals surface area contributed by atoms with Crippen LogP contribution in [-0.2, 0) is 21.7 Å². The predicted molar refractivity (Wildman–Crippen MR) is 110 cm³/mol. The molecule has 2 aromatic rings. The third-order valence-corrected chi connectivity index (χ3v) is 5.30. The average Bonchev–Trinajstić information content (AvgIpc) is 2.97. The van der Waals surface area contributed by atoms with Crippen molar-refractivity contribution in [2.45, 2.75) is 19.0 Å². The van der Waals surface area contributed by atoms with E-state index in [9.17, 15) is 18.8 Å². The molecule has 1 unspecified atom stereocenters. The van der Waals surface area contributed by atoms with Crippen LogP contribution in [0.4, 0.5) is 9.18 Å². The van der Waals surface area contributed by atoms with Crippen LogP contribution in [0.3, 0.4) is 0 Å². The SMILES string of the molecule is COc1ccc(C2(C)NC(=O)N(CC(=O)N(C)Cc3ccc(OC)c(F)c3)C2=O)cc1. The fraction of sp³-hybridized carbons (Fsp3) is 0.318. The number of hydrogen-bond donors (Lipinski definition) is 1. The van der Waals surface area contributed by atoms with Crippen molar-refractivity contribution in [2.75, 3.05) is 27.8 Å². The number of nitrogens with zero attached hydrogens (tertiary/aromatic N) is 2. The summed E-state index contributed by atoms with van der Waals surface area (Å²) in [6.07, 6.45) is 0. The highest BCUT2D eigenvalue weighted by Crippen LogP contribution is 2.30. The van der Waals surface area contributed by atoms with Gasteiger partial charge in [0.2, 0.25) is 5.91 Å². The van der Waals surface area contributed by atoms with Gasteiger partial charge in [-0.25, -0.2) is 9.18 Å². The molecule has 164 valence electrons. The van der Waals surface area contributed by atoms with Crippen LogP contribution >= 0.6 is 0 Å². The summed E-state index contributed by atoms with van der Waals surface area (Å²) >= 11 is 0. The monoisotopic (exact) mass is 429 g/mol. The molecule has 2 aromatic carbocycles. The Morgan fingerprint density at radius 3 is 2.39 bits per heavy atom. The zero-order chi connectivity index (χ0) is 22.8. The molecular formula is C22H24FN3O5. The van der Waals surface area contributed by atoms with Crippen molar-refractivity contribution in [3.05, 3.63) is 59.4 Å². The van der Waals surface area contributed by atoms with Crippen molar-refractivity contribution in [3.63, 3.8) is 0 Å². The zero-order valence-corrected chi connectivity index (χ0v) is 17.8. The second-order valence-electron chi connectivity index (χ2n) is 7.39. The van der Waals surface area contributed by atoms with E-state index in [1.165, 1.54) is 38.3 Å².